The summed E-state index contributed by atoms with van der Waals surface area (Å²) in [7, 11) is -4.02. The van der Waals surface area contributed by atoms with Gasteiger partial charge in [-0.15, -0.1) is 4.40 Å². The topological polar surface area (TPSA) is 84.6 Å². The van der Waals surface area contributed by atoms with Gasteiger partial charge in [-0.25, -0.2) is 4.68 Å². The summed E-state index contributed by atoms with van der Waals surface area (Å²) in [5.74, 6) is 0.376. The Bertz CT molecular complexity index is 1660. The number of aromatic nitrogens is 2. The van der Waals surface area contributed by atoms with Crippen LogP contribution in [-0.2, 0) is 34.2 Å². The lowest BCUT2D eigenvalue weighted by Crippen LogP contribution is -2.39. The molecule has 2 heterocycles. The Morgan fingerprint density at radius 3 is 2.45 bits per heavy atom. The molecule has 1 fully saturated rings. The highest BCUT2D eigenvalue weighted by Gasteiger charge is 2.28. The predicted octanol–water partition coefficient (Wildman–Crippen LogP) is 5.16. The summed E-state index contributed by atoms with van der Waals surface area (Å²) in [6.45, 7) is 2.33. The fourth-order valence-corrected chi connectivity index (χ4v) is 7.17. The van der Waals surface area contributed by atoms with E-state index in [1.807, 2.05) is 41.1 Å². The largest absolute Gasteiger partial charge is 0.286 e. The van der Waals surface area contributed by atoms with Gasteiger partial charge in [-0.2, -0.15) is 13.5 Å². The van der Waals surface area contributed by atoms with Crippen LogP contribution in [0.3, 0.4) is 0 Å². The number of aryl methyl sites for hydroxylation is 1. The molecule has 38 heavy (non-hydrogen) atoms. The first-order valence-corrected chi connectivity index (χ1v) is 14.9. The number of carbonyl (C=O) groups is 1. The van der Waals surface area contributed by atoms with Crippen molar-refractivity contribution < 1.29 is 13.2 Å². The van der Waals surface area contributed by atoms with Crippen LogP contribution in [0.25, 0.3) is 16.9 Å². The van der Waals surface area contributed by atoms with Gasteiger partial charge in [0.15, 0.2) is 5.17 Å². The van der Waals surface area contributed by atoms with Gasteiger partial charge in [0.25, 0.3) is 10.0 Å². The van der Waals surface area contributed by atoms with E-state index in [0.717, 1.165) is 41.0 Å². The number of hydrogen-bond acceptors (Lipinski definition) is 5. The molecule has 0 spiro atoms. The first-order valence-electron chi connectivity index (χ1n) is 12.5. The van der Waals surface area contributed by atoms with Gasteiger partial charge in [-0.1, -0.05) is 66.4 Å². The van der Waals surface area contributed by atoms with Gasteiger partial charge in [0.1, 0.15) is 0 Å². The van der Waals surface area contributed by atoms with Crippen LogP contribution in [0.1, 0.15) is 28.8 Å². The molecule has 0 radical (unpaired) electrons. The van der Waals surface area contributed by atoms with Crippen molar-refractivity contribution in [2.45, 2.75) is 37.6 Å². The average molecular weight is 543 g/mol. The molecule has 192 valence electrons. The molecule has 3 aromatic carbocycles. The SMILES string of the molecule is Cc1c2c(nn1-c1ccc(S(=O)(=O)/N=C3\SCCC(=O)N3Cc3ccccc3)cc1)-c1ccccc1CC2. The molecule has 1 saturated heterocycles. The normalized spacial score (nSPS) is 16.4. The Morgan fingerprint density at radius 1 is 0.921 bits per heavy atom. The molecule has 0 unspecified atom stereocenters. The van der Waals surface area contributed by atoms with E-state index in [1.54, 1.807) is 24.3 Å². The lowest BCUT2D eigenvalue weighted by molar-refractivity contribution is -0.127. The van der Waals surface area contributed by atoms with Gasteiger partial charge in [0, 0.05) is 29.0 Å². The number of sulfonamides is 1. The van der Waals surface area contributed by atoms with Gasteiger partial charge in [0.2, 0.25) is 5.91 Å². The van der Waals surface area contributed by atoms with E-state index in [0.29, 0.717) is 12.2 Å². The minimum atomic E-state index is -4.02. The van der Waals surface area contributed by atoms with E-state index >= 15 is 0 Å². The number of fused-ring (bicyclic) bond motifs is 3. The van der Waals surface area contributed by atoms with E-state index in [2.05, 4.69) is 29.5 Å². The fraction of sp³-hybridized carbons (Fsp3) is 0.207. The fourth-order valence-electron chi connectivity index (χ4n) is 4.99. The van der Waals surface area contributed by atoms with Crippen molar-refractivity contribution in [1.82, 2.24) is 14.7 Å². The zero-order chi connectivity index (χ0) is 26.3. The van der Waals surface area contributed by atoms with Crippen LogP contribution in [0.15, 0.2) is 88.2 Å². The number of thioether (sulfide) groups is 1. The van der Waals surface area contributed by atoms with E-state index in [-0.39, 0.29) is 22.5 Å². The van der Waals surface area contributed by atoms with Crippen LogP contribution >= 0.6 is 11.8 Å². The smallest absolute Gasteiger partial charge is 0.284 e. The molecule has 4 aromatic rings. The minimum absolute atomic E-state index is 0.0759. The Morgan fingerprint density at radius 2 is 1.66 bits per heavy atom. The third-order valence-electron chi connectivity index (χ3n) is 7.00. The van der Waals surface area contributed by atoms with E-state index in [4.69, 9.17) is 5.10 Å². The van der Waals surface area contributed by atoms with E-state index < -0.39 is 10.0 Å². The van der Waals surface area contributed by atoms with Gasteiger partial charge in [-0.3, -0.25) is 9.69 Å². The number of amidine groups is 1. The van der Waals surface area contributed by atoms with Crippen molar-refractivity contribution in [2.75, 3.05) is 5.75 Å². The van der Waals surface area contributed by atoms with Crippen LogP contribution in [0, 0.1) is 6.92 Å². The molecular weight excluding hydrogens is 516 g/mol. The minimum Gasteiger partial charge on any atom is -0.286 e. The number of carbonyl (C=O) groups excluding carboxylic acids is 1. The second kappa shape index (κ2) is 9.89. The summed E-state index contributed by atoms with van der Waals surface area (Å²) < 4.78 is 32.5. The third kappa shape index (κ3) is 4.56. The van der Waals surface area contributed by atoms with Crippen molar-refractivity contribution in [3.63, 3.8) is 0 Å². The molecule has 6 rings (SSSR count). The molecular formula is C29H26N4O3S2. The highest BCUT2D eigenvalue weighted by Crippen LogP contribution is 2.35. The summed E-state index contributed by atoms with van der Waals surface area (Å²) in [5.41, 5.74) is 7.43. The Kier molecular flexibility index (Phi) is 6.41. The second-order valence-corrected chi connectivity index (χ2v) is 12.1. The molecule has 0 bridgehead atoms. The van der Waals surface area contributed by atoms with Crippen LogP contribution < -0.4 is 0 Å². The maximum absolute atomic E-state index is 13.3. The lowest BCUT2D eigenvalue weighted by Gasteiger charge is -2.27. The average Bonchev–Trinajstić information content (AvgIpc) is 3.28. The molecule has 1 amide bonds. The molecule has 9 heteroatoms. The second-order valence-electron chi connectivity index (χ2n) is 9.39. The molecule has 0 N–H and O–H groups in total. The number of nitrogens with zero attached hydrogens (tertiary/aromatic N) is 4. The van der Waals surface area contributed by atoms with Crippen LogP contribution in [0.2, 0.25) is 0 Å². The highest BCUT2D eigenvalue weighted by atomic mass is 32.2. The number of hydrogen-bond donors (Lipinski definition) is 0. The first-order chi connectivity index (χ1) is 18.4. The lowest BCUT2D eigenvalue weighted by atomic mass is 9.89. The summed E-state index contributed by atoms with van der Waals surface area (Å²) in [6, 6.07) is 24.5. The highest BCUT2D eigenvalue weighted by molar-refractivity contribution is 8.14. The monoisotopic (exact) mass is 542 g/mol. The molecule has 7 nitrogen and oxygen atoms in total. The van der Waals surface area contributed by atoms with Crippen molar-refractivity contribution in [3.05, 3.63) is 101 Å². The number of benzene rings is 3. The van der Waals surface area contributed by atoms with Gasteiger partial charge < -0.3 is 0 Å². The van der Waals surface area contributed by atoms with Gasteiger partial charge in [0.05, 0.1) is 22.8 Å². The zero-order valence-electron chi connectivity index (χ0n) is 20.9. The van der Waals surface area contributed by atoms with E-state index in [9.17, 15) is 13.2 Å². The molecule has 1 aliphatic heterocycles. The third-order valence-corrected chi connectivity index (χ3v) is 9.37. The predicted molar refractivity (Wildman–Crippen MR) is 150 cm³/mol. The molecule has 1 aromatic heterocycles. The summed E-state index contributed by atoms with van der Waals surface area (Å²) in [4.78, 5) is 14.2. The van der Waals surface area contributed by atoms with Gasteiger partial charge in [-0.05, 0) is 55.2 Å². The van der Waals surface area contributed by atoms with Crippen LogP contribution in [-0.4, -0.2) is 39.9 Å². The van der Waals surface area contributed by atoms with Crippen molar-refractivity contribution >= 4 is 32.9 Å². The van der Waals surface area contributed by atoms with Crippen molar-refractivity contribution in [1.29, 1.82) is 0 Å². The standard InChI is InChI=1S/C29H26N4O3S2/c1-20-25-16-11-22-9-5-6-10-26(22)28(25)30-33(20)23-12-14-24(15-13-23)38(35,36)31-29-32(27(34)17-18-37-29)19-21-7-3-2-4-8-21/h2-10,12-15H,11,16-19H2,1H3/b31-29-. The Hall–Kier alpha value is -3.69. The summed E-state index contributed by atoms with van der Waals surface area (Å²) in [6.07, 6.45) is 2.26. The zero-order valence-corrected chi connectivity index (χ0v) is 22.5. The summed E-state index contributed by atoms with van der Waals surface area (Å²) in [5, 5.41) is 5.11. The molecule has 2 aliphatic rings. The van der Waals surface area contributed by atoms with Crippen molar-refractivity contribution in [2.24, 2.45) is 4.40 Å². The summed E-state index contributed by atoms with van der Waals surface area (Å²) >= 11 is 1.29. The maximum Gasteiger partial charge on any atom is 0.284 e. The van der Waals surface area contributed by atoms with Crippen molar-refractivity contribution in [3.8, 4) is 16.9 Å². The molecule has 0 saturated carbocycles. The van der Waals surface area contributed by atoms with Crippen LogP contribution in [0.5, 0.6) is 0 Å². The Labute approximate surface area is 226 Å². The molecule has 1 aliphatic carbocycles. The number of amides is 1. The van der Waals surface area contributed by atoms with Crippen LogP contribution in [0.4, 0.5) is 0 Å². The Balaban J connectivity index is 1.29. The van der Waals surface area contributed by atoms with E-state index in [1.165, 1.54) is 27.8 Å². The maximum atomic E-state index is 13.3. The first kappa shape index (κ1) is 24.6. The molecule has 0 atom stereocenters. The van der Waals surface area contributed by atoms with Gasteiger partial charge >= 0.3 is 0 Å². The number of rotatable bonds is 5. The quantitative estimate of drug-likeness (QED) is 0.348.